The van der Waals surface area contributed by atoms with Crippen molar-refractivity contribution in [3.05, 3.63) is 72.1 Å². The number of hydrogen-bond donors (Lipinski definition) is 1. The topological polar surface area (TPSA) is 73.4 Å². The van der Waals surface area contributed by atoms with Crippen LogP contribution in [0.15, 0.2) is 76.1 Å². The van der Waals surface area contributed by atoms with Crippen molar-refractivity contribution in [1.82, 2.24) is 0 Å². The molecule has 0 amide bonds. The monoisotopic (exact) mass is 387 g/mol. The summed E-state index contributed by atoms with van der Waals surface area (Å²) >= 11 is 0. The van der Waals surface area contributed by atoms with Crippen molar-refractivity contribution in [3.8, 4) is 34.3 Å². The van der Waals surface area contributed by atoms with Crippen molar-refractivity contribution in [2.24, 2.45) is 4.99 Å². The molecule has 6 heteroatoms. The van der Waals surface area contributed by atoms with E-state index in [-0.39, 0.29) is 12.5 Å². The molecule has 1 N–H and O–H groups in total. The number of aromatic hydroxyl groups is 1. The van der Waals surface area contributed by atoms with E-state index >= 15 is 0 Å². The summed E-state index contributed by atoms with van der Waals surface area (Å²) in [7, 11) is 1.62. The Labute approximate surface area is 166 Å². The maximum Gasteiger partial charge on any atom is 0.231 e. The molecule has 0 atom stereocenters. The van der Waals surface area contributed by atoms with Gasteiger partial charge in [-0.25, -0.2) is 4.99 Å². The molecular weight excluding hydrogens is 370 g/mol. The van der Waals surface area contributed by atoms with Gasteiger partial charge in [0.05, 0.1) is 18.2 Å². The number of phenolic OH excluding ortho intramolecular Hbond substituents is 1. The van der Waals surface area contributed by atoms with Gasteiger partial charge in [-0.05, 0) is 60.7 Å². The zero-order valence-electron chi connectivity index (χ0n) is 15.6. The van der Waals surface area contributed by atoms with Gasteiger partial charge in [-0.3, -0.25) is 0 Å². The first-order valence-corrected chi connectivity index (χ1v) is 9.05. The summed E-state index contributed by atoms with van der Waals surface area (Å²) in [6.07, 6.45) is 0. The Bertz CT molecular complexity index is 1270. The summed E-state index contributed by atoms with van der Waals surface area (Å²) in [5.74, 6) is 2.93. The van der Waals surface area contributed by atoms with Crippen LogP contribution in [0.25, 0.3) is 22.3 Å². The van der Waals surface area contributed by atoms with Gasteiger partial charge >= 0.3 is 0 Å². The molecule has 1 aromatic heterocycles. The van der Waals surface area contributed by atoms with Crippen LogP contribution in [0.3, 0.4) is 0 Å². The molecule has 2 heterocycles. The minimum absolute atomic E-state index is 0.148. The summed E-state index contributed by atoms with van der Waals surface area (Å²) in [4.78, 5) is 4.76. The zero-order valence-corrected chi connectivity index (χ0v) is 15.6. The molecule has 6 nitrogen and oxygen atoms in total. The highest BCUT2D eigenvalue weighted by Gasteiger charge is 2.15. The minimum atomic E-state index is 0.148. The molecule has 1 aliphatic heterocycles. The number of methoxy groups -OCH3 is 1. The molecule has 3 aromatic carbocycles. The van der Waals surface area contributed by atoms with E-state index in [1.807, 2.05) is 48.5 Å². The van der Waals surface area contributed by atoms with E-state index in [0.717, 1.165) is 17.0 Å². The largest absolute Gasteiger partial charge is 0.508 e. The zero-order chi connectivity index (χ0) is 19.8. The first-order valence-electron chi connectivity index (χ1n) is 9.05. The van der Waals surface area contributed by atoms with E-state index in [9.17, 15) is 5.11 Å². The first-order chi connectivity index (χ1) is 14.2. The van der Waals surface area contributed by atoms with Crippen LogP contribution in [0.2, 0.25) is 0 Å². The van der Waals surface area contributed by atoms with Gasteiger partial charge in [0.15, 0.2) is 11.5 Å². The smallest absolute Gasteiger partial charge is 0.231 e. The van der Waals surface area contributed by atoms with Crippen LogP contribution in [-0.2, 0) is 0 Å². The van der Waals surface area contributed by atoms with Crippen molar-refractivity contribution in [2.75, 3.05) is 13.9 Å². The Morgan fingerprint density at radius 2 is 1.72 bits per heavy atom. The Morgan fingerprint density at radius 3 is 2.55 bits per heavy atom. The van der Waals surface area contributed by atoms with E-state index in [1.165, 1.54) is 0 Å². The normalized spacial score (nSPS) is 13.1. The lowest BCUT2D eigenvalue weighted by atomic mass is 10.1. The minimum Gasteiger partial charge on any atom is -0.508 e. The summed E-state index contributed by atoms with van der Waals surface area (Å²) in [6.45, 7) is 0.213. The van der Waals surface area contributed by atoms with Crippen molar-refractivity contribution in [1.29, 1.82) is 0 Å². The van der Waals surface area contributed by atoms with Gasteiger partial charge in [0, 0.05) is 17.0 Å². The number of fused-ring (bicyclic) bond motifs is 2. The summed E-state index contributed by atoms with van der Waals surface area (Å²) in [5, 5.41) is 11.3. The second-order valence-corrected chi connectivity index (χ2v) is 6.55. The van der Waals surface area contributed by atoms with E-state index in [4.69, 9.17) is 23.6 Å². The third-order valence-corrected chi connectivity index (χ3v) is 4.71. The molecule has 0 bridgehead atoms. The number of nitrogens with zero attached hydrogens (tertiary/aromatic N) is 1. The molecule has 1 aliphatic rings. The lowest BCUT2D eigenvalue weighted by Crippen LogP contribution is -2.03. The predicted octanol–water partition coefficient (Wildman–Crippen LogP) is 4.78. The highest BCUT2D eigenvalue weighted by Crippen LogP contribution is 2.36. The van der Waals surface area contributed by atoms with E-state index < -0.39 is 0 Å². The Kier molecular flexibility index (Phi) is 4.09. The van der Waals surface area contributed by atoms with Crippen molar-refractivity contribution in [3.63, 3.8) is 0 Å². The Balaban J connectivity index is 1.70. The fourth-order valence-corrected chi connectivity index (χ4v) is 3.24. The van der Waals surface area contributed by atoms with Crippen LogP contribution >= 0.6 is 0 Å². The maximum absolute atomic E-state index is 9.95. The molecule has 0 fully saturated rings. The fraction of sp³-hybridized carbons (Fsp3) is 0.0870. The van der Waals surface area contributed by atoms with Gasteiger partial charge < -0.3 is 23.7 Å². The van der Waals surface area contributed by atoms with Crippen LogP contribution in [0, 0.1) is 0 Å². The second-order valence-electron chi connectivity index (χ2n) is 6.55. The highest BCUT2D eigenvalue weighted by atomic mass is 16.7. The Morgan fingerprint density at radius 1 is 0.897 bits per heavy atom. The molecular formula is C23H17NO5. The summed E-state index contributed by atoms with van der Waals surface area (Å²) in [5.41, 5.74) is 2.22. The van der Waals surface area contributed by atoms with Crippen molar-refractivity contribution < 1.29 is 23.7 Å². The number of rotatable bonds is 3. The molecule has 5 rings (SSSR count). The SMILES string of the molecule is COc1ccc(N=c2cc(-c3ccc4c(c3)OCO4)oc3ccc(O)cc23)cc1. The van der Waals surface area contributed by atoms with Gasteiger partial charge in [0.2, 0.25) is 6.79 Å². The lowest BCUT2D eigenvalue weighted by molar-refractivity contribution is 0.174. The van der Waals surface area contributed by atoms with Crippen molar-refractivity contribution >= 4 is 16.7 Å². The predicted molar refractivity (Wildman–Crippen MR) is 108 cm³/mol. The maximum atomic E-state index is 9.95. The number of hydrogen-bond acceptors (Lipinski definition) is 6. The van der Waals surface area contributed by atoms with Crippen LogP contribution in [0.5, 0.6) is 23.0 Å². The Hall–Kier alpha value is -3.93. The number of phenols is 1. The molecule has 29 heavy (non-hydrogen) atoms. The first kappa shape index (κ1) is 17.2. The van der Waals surface area contributed by atoms with Crippen molar-refractivity contribution in [2.45, 2.75) is 0 Å². The van der Waals surface area contributed by atoms with Gasteiger partial charge in [0.1, 0.15) is 22.8 Å². The standard InChI is InChI=1S/C23H17NO5/c1-26-17-6-3-15(4-7-17)24-19-12-22(29-20-9-5-16(25)11-18(19)20)14-2-8-21-23(10-14)28-13-27-21/h2-12,25H,13H2,1H3. The highest BCUT2D eigenvalue weighted by molar-refractivity contribution is 5.80. The van der Waals surface area contributed by atoms with Gasteiger partial charge in [0.25, 0.3) is 0 Å². The van der Waals surface area contributed by atoms with Crippen LogP contribution in [0.1, 0.15) is 0 Å². The van der Waals surface area contributed by atoms with Crippen LogP contribution < -0.4 is 19.6 Å². The van der Waals surface area contributed by atoms with Gasteiger partial charge in [-0.1, -0.05) is 0 Å². The molecule has 0 saturated carbocycles. The van der Waals surface area contributed by atoms with Gasteiger partial charge in [-0.2, -0.15) is 0 Å². The third kappa shape index (κ3) is 3.25. The second kappa shape index (κ2) is 6.91. The van der Waals surface area contributed by atoms with E-state index in [0.29, 0.717) is 33.6 Å². The van der Waals surface area contributed by atoms with Gasteiger partial charge in [-0.15, -0.1) is 0 Å². The average Bonchev–Trinajstić information content (AvgIpc) is 3.22. The summed E-state index contributed by atoms with van der Waals surface area (Å²) in [6, 6.07) is 19.9. The summed E-state index contributed by atoms with van der Waals surface area (Å²) < 4.78 is 22.2. The molecule has 144 valence electrons. The van der Waals surface area contributed by atoms with E-state index in [2.05, 4.69) is 0 Å². The average molecular weight is 387 g/mol. The molecule has 4 aromatic rings. The molecule has 0 aliphatic carbocycles. The quantitative estimate of drug-likeness (QED) is 0.548. The lowest BCUT2D eigenvalue weighted by Gasteiger charge is -2.07. The number of ether oxygens (including phenoxy) is 3. The fourth-order valence-electron chi connectivity index (χ4n) is 3.24. The van der Waals surface area contributed by atoms with Crippen LogP contribution in [-0.4, -0.2) is 19.0 Å². The molecule has 0 spiro atoms. The van der Waals surface area contributed by atoms with E-state index in [1.54, 1.807) is 25.3 Å². The number of benzene rings is 3. The molecule has 0 radical (unpaired) electrons. The molecule has 0 saturated heterocycles. The third-order valence-electron chi connectivity index (χ3n) is 4.71. The molecule has 0 unspecified atom stereocenters. The van der Waals surface area contributed by atoms with Crippen LogP contribution in [0.4, 0.5) is 5.69 Å².